The van der Waals surface area contributed by atoms with E-state index < -0.39 is 0 Å². The Morgan fingerprint density at radius 3 is 2.88 bits per heavy atom. The molecule has 0 aliphatic carbocycles. The minimum absolute atomic E-state index is 0.0642. The number of amides is 2. The summed E-state index contributed by atoms with van der Waals surface area (Å²) in [7, 11) is 0. The van der Waals surface area contributed by atoms with Gasteiger partial charge in [0.2, 0.25) is 0 Å². The van der Waals surface area contributed by atoms with E-state index in [4.69, 9.17) is 0 Å². The molecule has 2 fully saturated rings. The van der Waals surface area contributed by atoms with Crippen LogP contribution in [0.25, 0.3) is 5.65 Å². The molecule has 2 aromatic rings. The average molecular weight is 341 g/mol. The molecule has 25 heavy (non-hydrogen) atoms. The number of hydrogen-bond acceptors (Lipinski definition) is 3. The highest BCUT2D eigenvalue weighted by Gasteiger charge is 2.27. The zero-order chi connectivity index (χ0) is 17.1. The number of imidazole rings is 1. The van der Waals surface area contributed by atoms with E-state index in [9.17, 15) is 4.79 Å². The molecule has 2 aliphatic heterocycles. The van der Waals surface area contributed by atoms with Crippen molar-refractivity contribution in [3.05, 3.63) is 36.3 Å². The average Bonchev–Trinajstić information content (AvgIpc) is 3.27. The van der Waals surface area contributed by atoms with E-state index in [-0.39, 0.29) is 6.03 Å². The lowest BCUT2D eigenvalue weighted by molar-refractivity contribution is 0.165. The van der Waals surface area contributed by atoms with Gasteiger partial charge >= 0.3 is 6.03 Å². The molecule has 1 N–H and O–H groups in total. The summed E-state index contributed by atoms with van der Waals surface area (Å²) in [6.45, 7) is 4.68. The Hall–Kier alpha value is -2.08. The van der Waals surface area contributed by atoms with Crippen molar-refractivity contribution >= 4 is 11.7 Å². The Balaban J connectivity index is 1.35. The van der Waals surface area contributed by atoms with Crippen molar-refractivity contribution in [2.75, 3.05) is 26.2 Å². The predicted octanol–water partition coefficient (Wildman–Crippen LogP) is 2.49. The fraction of sp³-hybridized carbons (Fsp3) is 0.579. The quantitative estimate of drug-likeness (QED) is 0.933. The molecule has 6 heteroatoms. The van der Waals surface area contributed by atoms with E-state index in [0.29, 0.717) is 12.6 Å². The molecule has 2 amide bonds. The third-order valence-corrected chi connectivity index (χ3v) is 5.50. The molecule has 0 aromatic carbocycles. The van der Waals surface area contributed by atoms with Gasteiger partial charge in [-0.05, 0) is 56.5 Å². The Morgan fingerprint density at radius 2 is 2.00 bits per heavy atom. The minimum atomic E-state index is 0.0642. The molecule has 4 heterocycles. The lowest BCUT2D eigenvalue weighted by Gasteiger charge is -2.30. The van der Waals surface area contributed by atoms with Crippen LogP contribution in [0.2, 0.25) is 0 Å². The molecule has 0 bridgehead atoms. The molecule has 2 aliphatic rings. The smallest absolute Gasteiger partial charge is 0.317 e. The van der Waals surface area contributed by atoms with Crippen LogP contribution in [0.4, 0.5) is 4.79 Å². The number of pyridine rings is 1. The zero-order valence-corrected chi connectivity index (χ0v) is 14.7. The van der Waals surface area contributed by atoms with Crippen molar-refractivity contribution in [1.82, 2.24) is 24.5 Å². The molecule has 0 spiro atoms. The second-order valence-electron chi connectivity index (χ2n) is 7.23. The van der Waals surface area contributed by atoms with Crippen LogP contribution in [0.15, 0.2) is 30.7 Å². The van der Waals surface area contributed by atoms with Gasteiger partial charge in [-0.1, -0.05) is 6.42 Å². The maximum absolute atomic E-state index is 12.7. The topological polar surface area (TPSA) is 52.9 Å². The Bertz CT molecular complexity index is 721. The summed E-state index contributed by atoms with van der Waals surface area (Å²) in [6, 6.07) is 4.66. The molecule has 0 radical (unpaired) electrons. The number of nitrogens with zero attached hydrogens (tertiary/aromatic N) is 4. The van der Waals surface area contributed by atoms with E-state index in [1.165, 1.54) is 38.8 Å². The second kappa shape index (κ2) is 7.44. The van der Waals surface area contributed by atoms with Gasteiger partial charge in [-0.25, -0.2) is 9.78 Å². The first-order valence-corrected chi connectivity index (χ1v) is 9.48. The van der Waals surface area contributed by atoms with Crippen LogP contribution in [0.3, 0.4) is 0 Å². The normalized spacial score (nSPS) is 22.2. The van der Waals surface area contributed by atoms with E-state index in [0.717, 1.165) is 30.7 Å². The number of aromatic nitrogens is 2. The van der Waals surface area contributed by atoms with Crippen LogP contribution in [0.1, 0.15) is 37.7 Å². The second-order valence-corrected chi connectivity index (χ2v) is 7.23. The van der Waals surface area contributed by atoms with Gasteiger partial charge in [0.15, 0.2) is 0 Å². The fourth-order valence-electron chi connectivity index (χ4n) is 4.06. The third kappa shape index (κ3) is 3.79. The summed E-state index contributed by atoms with van der Waals surface area (Å²) in [4.78, 5) is 21.6. The van der Waals surface area contributed by atoms with E-state index in [1.54, 1.807) is 6.20 Å². The summed E-state index contributed by atoms with van der Waals surface area (Å²) in [6.07, 6.45) is 11.9. The van der Waals surface area contributed by atoms with E-state index in [1.807, 2.05) is 33.8 Å². The summed E-state index contributed by atoms with van der Waals surface area (Å²) in [5, 5.41) is 3.10. The van der Waals surface area contributed by atoms with Crippen LogP contribution in [0.5, 0.6) is 0 Å². The first kappa shape index (κ1) is 16.4. The number of hydrogen-bond donors (Lipinski definition) is 1. The van der Waals surface area contributed by atoms with Crippen molar-refractivity contribution in [2.24, 2.45) is 0 Å². The van der Waals surface area contributed by atoms with Gasteiger partial charge in [-0.2, -0.15) is 0 Å². The fourth-order valence-corrected chi connectivity index (χ4v) is 4.06. The first-order chi connectivity index (χ1) is 12.3. The van der Waals surface area contributed by atoms with E-state index >= 15 is 0 Å². The van der Waals surface area contributed by atoms with Gasteiger partial charge in [0, 0.05) is 44.3 Å². The van der Waals surface area contributed by atoms with Crippen LogP contribution < -0.4 is 5.32 Å². The Kier molecular flexibility index (Phi) is 4.88. The molecule has 1 atom stereocenters. The van der Waals surface area contributed by atoms with E-state index in [2.05, 4.69) is 15.2 Å². The van der Waals surface area contributed by atoms with Gasteiger partial charge in [-0.3, -0.25) is 4.90 Å². The van der Waals surface area contributed by atoms with Gasteiger partial charge < -0.3 is 14.6 Å². The monoisotopic (exact) mass is 341 g/mol. The molecule has 0 unspecified atom stereocenters. The molecule has 2 aromatic heterocycles. The number of carbonyl (C=O) groups excluding carboxylic acids is 1. The van der Waals surface area contributed by atoms with Crippen molar-refractivity contribution in [3.63, 3.8) is 0 Å². The number of carbonyl (C=O) groups is 1. The van der Waals surface area contributed by atoms with Crippen molar-refractivity contribution in [3.8, 4) is 0 Å². The molecule has 134 valence electrons. The van der Waals surface area contributed by atoms with Gasteiger partial charge in [0.1, 0.15) is 5.65 Å². The number of nitrogens with one attached hydrogen (secondary N) is 1. The highest BCUT2D eigenvalue weighted by molar-refractivity contribution is 5.74. The molecule has 4 rings (SSSR count). The standard InChI is InChI=1S/C19H27N5O/c25-19(21-14-16-6-11-23-12-7-20-18(23)13-16)24-10-2-1-5-17(15-24)22-8-3-4-9-22/h6-7,11-13,17H,1-5,8-10,14-15H2,(H,21,25)/t17-/m1/s1. The predicted molar refractivity (Wildman–Crippen MR) is 97.4 cm³/mol. The largest absolute Gasteiger partial charge is 0.334 e. The Morgan fingerprint density at radius 1 is 1.16 bits per heavy atom. The summed E-state index contributed by atoms with van der Waals surface area (Å²) in [5.74, 6) is 0. The van der Waals surface area contributed by atoms with Crippen molar-refractivity contribution in [1.29, 1.82) is 0 Å². The minimum Gasteiger partial charge on any atom is -0.334 e. The summed E-state index contributed by atoms with van der Waals surface area (Å²) < 4.78 is 1.97. The van der Waals surface area contributed by atoms with Gasteiger partial charge in [-0.15, -0.1) is 0 Å². The third-order valence-electron chi connectivity index (χ3n) is 5.50. The van der Waals surface area contributed by atoms with Crippen LogP contribution in [-0.4, -0.2) is 57.4 Å². The van der Waals surface area contributed by atoms with Crippen LogP contribution in [0, 0.1) is 0 Å². The molecular weight excluding hydrogens is 314 g/mol. The molecular formula is C19H27N5O. The first-order valence-electron chi connectivity index (χ1n) is 9.48. The number of rotatable bonds is 3. The maximum atomic E-state index is 12.7. The van der Waals surface area contributed by atoms with Gasteiger partial charge in [0.05, 0.1) is 0 Å². The number of likely N-dealkylation sites (tertiary alicyclic amines) is 2. The maximum Gasteiger partial charge on any atom is 0.317 e. The summed E-state index contributed by atoms with van der Waals surface area (Å²) >= 11 is 0. The van der Waals surface area contributed by atoms with Crippen molar-refractivity contribution < 1.29 is 4.79 Å². The molecule has 0 saturated carbocycles. The summed E-state index contributed by atoms with van der Waals surface area (Å²) in [5.41, 5.74) is 1.99. The zero-order valence-electron chi connectivity index (χ0n) is 14.7. The van der Waals surface area contributed by atoms with Crippen LogP contribution in [-0.2, 0) is 6.54 Å². The molecule has 2 saturated heterocycles. The lowest BCUT2D eigenvalue weighted by atomic mass is 10.1. The highest BCUT2D eigenvalue weighted by atomic mass is 16.2. The highest BCUT2D eigenvalue weighted by Crippen LogP contribution is 2.20. The lowest BCUT2D eigenvalue weighted by Crippen LogP contribution is -2.47. The Labute approximate surface area is 148 Å². The number of fused-ring (bicyclic) bond motifs is 1. The SMILES string of the molecule is O=C(NCc1ccn2ccnc2c1)N1CCCC[C@@H](N2CCCC2)C1. The van der Waals surface area contributed by atoms with Crippen LogP contribution >= 0.6 is 0 Å². The number of urea groups is 1. The molecule has 6 nitrogen and oxygen atoms in total. The van der Waals surface area contributed by atoms with Gasteiger partial charge in [0.25, 0.3) is 0 Å². The van der Waals surface area contributed by atoms with Crippen molar-refractivity contribution in [2.45, 2.75) is 44.7 Å².